The second-order valence-corrected chi connectivity index (χ2v) is 7.66. The Kier molecular flexibility index (Phi) is 8.34. The van der Waals surface area contributed by atoms with Crippen LogP contribution < -0.4 is 10.6 Å². The maximum Gasteiger partial charge on any atom is 0.191 e. The molecular formula is C20H33IN6. The number of piperidine rings is 1. The van der Waals surface area contributed by atoms with Gasteiger partial charge in [-0.1, -0.05) is 12.5 Å². The Morgan fingerprint density at radius 3 is 2.67 bits per heavy atom. The summed E-state index contributed by atoms with van der Waals surface area (Å²) in [6.45, 7) is 8.74. The van der Waals surface area contributed by atoms with Crippen LogP contribution in [0.2, 0.25) is 0 Å². The largest absolute Gasteiger partial charge is 0.356 e. The number of fused-ring (bicyclic) bond motifs is 1. The number of rotatable bonds is 6. The third-order valence-electron chi connectivity index (χ3n) is 5.21. The molecule has 0 spiro atoms. The molecule has 6 nitrogen and oxygen atoms in total. The van der Waals surface area contributed by atoms with E-state index in [2.05, 4.69) is 50.0 Å². The third kappa shape index (κ3) is 6.07. The van der Waals surface area contributed by atoms with E-state index in [1.165, 1.54) is 32.4 Å². The number of imidazole rings is 1. The van der Waals surface area contributed by atoms with Gasteiger partial charge in [-0.05, 0) is 51.9 Å². The summed E-state index contributed by atoms with van der Waals surface area (Å²) in [4.78, 5) is 11.6. The van der Waals surface area contributed by atoms with Gasteiger partial charge in [0.15, 0.2) is 5.96 Å². The van der Waals surface area contributed by atoms with E-state index < -0.39 is 0 Å². The van der Waals surface area contributed by atoms with E-state index in [0.717, 1.165) is 36.8 Å². The van der Waals surface area contributed by atoms with Crippen LogP contribution in [-0.4, -0.2) is 59.0 Å². The lowest BCUT2D eigenvalue weighted by Gasteiger charge is -2.41. The van der Waals surface area contributed by atoms with Crippen molar-refractivity contribution in [3.05, 3.63) is 36.3 Å². The van der Waals surface area contributed by atoms with E-state index in [0.29, 0.717) is 0 Å². The van der Waals surface area contributed by atoms with Gasteiger partial charge in [0.05, 0.1) is 5.69 Å². The summed E-state index contributed by atoms with van der Waals surface area (Å²) in [5.74, 6) is 0.860. The van der Waals surface area contributed by atoms with Crippen LogP contribution in [0.25, 0.3) is 5.65 Å². The first-order valence-corrected chi connectivity index (χ1v) is 9.71. The Labute approximate surface area is 179 Å². The van der Waals surface area contributed by atoms with Crippen molar-refractivity contribution in [3.63, 3.8) is 0 Å². The topological polar surface area (TPSA) is 57.0 Å². The predicted octanol–water partition coefficient (Wildman–Crippen LogP) is 2.92. The molecule has 0 aromatic carbocycles. The highest BCUT2D eigenvalue weighted by Crippen LogP contribution is 2.19. The molecule has 27 heavy (non-hydrogen) atoms. The maximum absolute atomic E-state index is 4.64. The normalized spacial score (nSPS) is 16.2. The first kappa shape index (κ1) is 21.9. The molecule has 0 unspecified atom stereocenters. The summed E-state index contributed by atoms with van der Waals surface area (Å²) >= 11 is 0. The van der Waals surface area contributed by atoms with E-state index in [1.807, 2.05) is 31.4 Å². The molecule has 0 bridgehead atoms. The van der Waals surface area contributed by atoms with Crippen LogP contribution in [-0.2, 0) is 6.42 Å². The molecular weight excluding hydrogens is 451 g/mol. The van der Waals surface area contributed by atoms with E-state index >= 15 is 0 Å². The van der Waals surface area contributed by atoms with Gasteiger partial charge in [-0.15, -0.1) is 24.0 Å². The number of aromatic nitrogens is 2. The summed E-state index contributed by atoms with van der Waals surface area (Å²) in [5.41, 5.74) is 2.22. The Balaban J connectivity index is 0.00000261. The molecule has 1 aliphatic heterocycles. The van der Waals surface area contributed by atoms with Crippen molar-refractivity contribution < 1.29 is 0 Å². The second kappa shape index (κ2) is 10.3. The van der Waals surface area contributed by atoms with Crippen molar-refractivity contribution in [3.8, 4) is 0 Å². The van der Waals surface area contributed by atoms with Gasteiger partial charge >= 0.3 is 0 Å². The standard InChI is InChI=1S/C20H32N6.HI/c1-20(2,26-13-6-4-7-14-26)16-23-19(21-3)22-11-10-17-15-25-12-8-5-9-18(25)24-17;/h5,8-9,12,15H,4,6-7,10-11,13-14,16H2,1-3H3,(H2,21,22,23);1H. The molecule has 0 radical (unpaired) electrons. The Morgan fingerprint density at radius 1 is 1.19 bits per heavy atom. The molecule has 2 aromatic heterocycles. The average molecular weight is 484 g/mol. The van der Waals surface area contributed by atoms with Gasteiger partial charge < -0.3 is 15.0 Å². The zero-order valence-corrected chi connectivity index (χ0v) is 19.1. The van der Waals surface area contributed by atoms with E-state index in [1.54, 1.807) is 0 Å². The summed E-state index contributed by atoms with van der Waals surface area (Å²) < 4.78 is 2.06. The van der Waals surface area contributed by atoms with Gasteiger partial charge in [-0.25, -0.2) is 4.98 Å². The minimum atomic E-state index is 0. The minimum Gasteiger partial charge on any atom is -0.356 e. The molecule has 3 rings (SSSR count). The molecule has 0 aliphatic carbocycles. The number of likely N-dealkylation sites (tertiary alicyclic amines) is 1. The maximum atomic E-state index is 4.64. The number of hydrogen-bond donors (Lipinski definition) is 2. The number of pyridine rings is 1. The SMILES string of the molecule is CN=C(NCCc1cn2ccccc2n1)NCC(C)(C)N1CCCCC1.I. The molecule has 7 heteroatoms. The minimum absolute atomic E-state index is 0. The van der Waals surface area contributed by atoms with Crippen molar-refractivity contribution in [2.45, 2.75) is 45.1 Å². The lowest BCUT2D eigenvalue weighted by Crippen LogP contribution is -2.55. The first-order chi connectivity index (χ1) is 12.6. The lowest BCUT2D eigenvalue weighted by atomic mass is 9.98. The highest BCUT2D eigenvalue weighted by molar-refractivity contribution is 14.0. The van der Waals surface area contributed by atoms with Crippen molar-refractivity contribution in [1.29, 1.82) is 0 Å². The molecule has 0 saturated carbocycles. The lowest BCUT2D eigenvalue weighted by molar-refractivity contribution is 0.0982. The third-order valence-corrected chi connectivity index (χ3v) is 5.21. The number of nitrogens with zero attached hydrogens (tertiary/aromatic N) is 4. The second-order valence-electron chi connectivity index (χ2n) is 7.66. The van der Waals surface area contributed by atoms with Gasteiger partial charge in [0.2, 0.25) is 0 Å². The van der Waals surface area contributed by atoms with Gasteiger partial charge in [0.25, 0.3) is 0 Å². The molecule has 1 saturated heterocycles. The molecule has 0 atom stereocenters. The van der Waals surface area contributed by atoms with E-state index in [9.17, 15) is 0 Å². The van der Waals surface area contributed by atoms with Gasteiger partial charge in [0.1, 0.15) is 5.65 Å². The van der Waals surface area contributed by atoms with Crippen LogP contribution in [0.1, 0.15) is 38.8 Å². The number of hydrogen-bond acceptors (Lipinski definition) is 3. The zero-order valence-electron chi connectivity index (χ0n) is 16.7. The van der Waals surface area contributed by atoms with Crippen molar-refractivity contribution in [2.75, 3.05) is 33.2 Å². The molecule has 2 aromatic rings. The van der Waals surface area contributed by atoms with Crippen molar-refractivity contribution in [2.24, 2.45) is 4.99 Å². The predicted molar refractivity (Wildman–Crippen MR) is 123 cm³/mol. The highest BCUT2D eigenvalue weighted by Gasteiger charge is 2.27. The fourth-order valence-corrected chi connectivity index (χ4v) is 3.55. The van der Waals surface area contributed by atoms with Crippen LogP contribution in [0.3, 0.4) is 0 Å². The molecule has 150 valence electrons. The Morgan fingerprint density at radius 2 is 1.96 bits per heavy atom. The van der Waals surface area contributed by atoms with Crippen molar-refractivity contribution >= 4 is 35.6 Å². The number of guanidine groups is 1. The molecule has 1 aliphatic rings. The Bertz CT molecular complexity index is 700. The Hall–Kier alpha value is -1.35. The molecule has 0 amide bonds. The van der Waals surface area contributed by atoms with Crippen LogP contribution in [0, 0.1) is 0 Å². The van der Waals surface area contributed by atoms with Crippen LogP contribution in [0.4, 0.5) is 0 Å². The van der Waals surface area contributed by atoms with Gasteiger partial charge in [0, 0.05) is 44.5 Å². The molecule has 2 N–H and O–H groups in total. The quantitative estimate of drug-likeness (QED) is 0.376. The van der Waals surface area contributed by atoms with Crippen LogP contribution >= 0.6 is 24.0 Å². The van der Waals surface area contributed by atoms with E-state index in [-0.39, 0.29) is 29.5 Å². The summed E-state index contributed by atoms with van der Waals surface area (Å²) in [5, 5.41) is 6.90. The average Bonchev–Trinajstić information content (AvgIpc) is 3.08. The van der Waals surface area contributed by atoms with Gasteiger partial charge in [-0.2, -0.15) is 0 Å². The summed E-state index contributed by atoms with van der Waals surface area (Å²) in [6.07, 6.45) is 8.99. The number of nitrogens with one attached hydrogen (secondary N) is 2. The van der Waals surface area contributed by atoms with E-state index in [4.69, 9.17) is 0 Å². The number of aliphatic imine (C=N–C) groups is 1. The van der Waals surface area contributed by atoms with Gasteiger partial charge in [-0.3, -0.25) is 9.89 Å². The smallest absolute Gasteiger partial charge is 0.191 e. The number of halogens is 1. The van der Waals surface area contributed by atoms with Crippen molar-refractivity contribution in [1.82, 2.24) is 24.9 Å². The van der Waals surface area contributed by atoms with Crippen LogP contribution in [0.5, 0.6) is 0 Å². The highest BCUT2D eigenvalue weighted by atomic mass is 127. The van der Waals surface area contributed by atoms with Crippen LogP contribution in [0.15, 0.2) is 35.6 Å². The fourth-order valence-electron chi connectivity index (χ4n) is 3.55. The molecule has 3 heterocycles. The summed E-state index contributed by atoms with van der Waals surface area (Å²) in [6, 6.07) is 6.06. The monoisotopic (exact) mass is 484 g/mol. The molecule has 1 fully saturated rings. The summed E-state index contributed by atoms with van der Waals surface area (Å²) in [7, 11) is 1.83. The zero-order chi connectivity index (χ0) is 18.4. The fraction of sp³-hybridized carbons (Fsp3) is 0.600. The first-order valence-electron chi connectivity index (χ1n) is 9.71.